The Labute approximate surface area is 146 Å². The van der Waals surface area contributed by atoms with Crippen molar-refractivity contribution in [2.24, 2.45) is 5.92 Å². The number of hydrogen-bond acceptors (Lipinski definition) is 3. The zero-order chi connectivity index (χ0) is 15.7. The van der Waals surface area contributed by atoms with Crippen LogP contribution in [-0.2, 0) is 5.41 Å². The maximum Gasteiger partial charge on any atom is 0.161 e. The number of fused-ring (bicyclic) bond motifs is 2. The summed E-state index contributed by atoms with van der Waals surface area (Å²) in [5.41, 5.74) is 4.70. The lowest BCUT2D eigenvalue weighted by molar-refractivity contribution is 0.169. The first-order valence-corrected chi connectivity index (χ1v) is 10.1. The van der Waals surface area contributed by atoms with Crippen molar-refractivity contribution in [3.8, 4) is 11.5 Å². The molecule has 1 N–H and O–H groups in total. The Hall–Kier alpha value is -1.55. The molecule has 4 atom stereocenters. The highest BCUT2D eigenvalue weighted by Gasteiger charge is 2.59. The molecule has 7 rings (SSSR count). The number of nitrogens with one attached hydrogen (secondary N) is 1. The predicted octanol–water partition coefficient (Wildman–Crippen LogP) is 4.08. The molecule has 3 aliphatic carbocycles. The summed E-state index contributed by atoms with van der Waals surface area (Å²) in [7, 11) is 0. The van der Waals surface area contributed by atoms with E-state index in [0.29, 0.717) is 18.5 Å². The van der Waals surface area contributed by atoms with Gasteiger partial charge in [0.2, 0.25) is 0 Å². The van der Waals surface area contributed by atoms with Gasteiger partial charge < -0.3 is 14.5 Å². The first-order valence-electron chi connectivity index (χ1n) is 9.07. The van der Waals surface area contributed by atoms with Gasteiger partial charge in [0.25, 0.3) is 0 Å². The van der Waals surface area contributed by atoms with Crippen molar-refractivity contribution >= 4 is 11.8 Å². The van der Waals surface area contributed by atoms with Gasteiger partial charge in [-0.05, 0) is 65.7 Å². The number of H-pyrrole nitrogens is 1. The van der Waals surface area contributed by atoms with Crippen LogP contribution in [0.4, 0.5) is 0 Å². The van der Waals surface area contributed by atoms with Gasteiger partial charge in [-0.15, -0.1) is 0 Å². The van der Waals surface area contributed by atoms with Gasteiger partial charge in [0.1, 0.15) is 13.2 Å². The molecule has 0 radical (unpaired) electrons. The zero-order valence-electron chi connectivity index (χ0n) is 13.6. The smallest absolute Gasteiger partial charge is 0.161 e. The minimum Gasteiger partial charge on any atom is -0.486 e. The fourth-order valence-electron chi connectivity index (χ4n) is 5.79. The Balaban J connectivity index is 1.58. The number of thioether (sulfide) groups is 1. The van der Waals surface area contributed by atoms with E-state index in [1.165, 1.54) is 30.6 Å². The van der Waals surface area contributed by atoms with Crippen LogP contribution in [0.2, 0.25) is 0 Å². The minimum absolute atomic E-state index is 0.145. The lowest BCUT2D eigenvalue weighted by Crippen LogP contribution is -2.51. The summed E-state index contributed by atoms with van der Waals surface area (Å²) < 4.78 is 11.6. The molecule has 1 aromatic carbocycles. The lowest BCUT2D eigenvalue weighted by atomic mass is 9.52. The third-order valence-corrected chi connectivity index (χ3v) is 8.29. The SMILES string of the molecule is c1cc2c(cc1C13CCC(c4c[nH]cc41)C1CCSC13)OCCO2. The van der Waals surface area contributed by atoms with E-state index < -0.39 is 0 Å². The summed E-state index contributed by atoms with van der Waals surface area (Å²) in [4.78, 5) is 3.42. The normalized spacial score (nSPS) is 35.6. The lowest BCUT2D eigenvalue weighted by Gasteiger charge is -2.54. The molecule has 5 aliphatic rings. The average Bonchev–Trinajstić information content (AvgIpc) is 3.32. The van der Waals surface area contributed by atoms with E-state index >= 15 is 0 Å². The Bertz CT molecular complexity index is 816. The Morgan fingerprint density at radius 1 is 1.08 bits per heavy atom. The summed E-state index contributed by atoms with van der Waals surface area (Å²) in [6.07, 6.45) is 8.49. The molecule has 1 saturated heterocycles. The fraction of sp³-hybridized carbons (Fsp3) is 0.500. The molecule has 0 amide bonds. The topological polar surface area (TPSA) is 34.2 Å². The van der Waals surface area contributed by atoms with E-state index in [2.05, 4.69) is 47.3 Å². The maximum absolute atomic E-state index is 5.90. The summed E-state index contributed by atoms with van der Waals surface area (Å²) >= 11 is 2.20. The Morgan fingerprint density at radius 2 is 2.00 bits per heavy atom. The second-order valence-electron chi connectivity index (χ2n) is 7.54. The highest BCUT2D eigenvalue weighted by atomic mass is 32.2. The molecule has 3 heterocycles. The van der Waals surface area contributed by atoms with Crippen LogP contribution in [0.15, 0.2) is 30.6 Å². The molecule has 4 heteroatoms. The van der Waals surface area contributed by atoms with Gasteiger partial charge in [-0.25, -0.2) is 0 Å². The fourth-order valence-corrected chi connectivity index (χ4v) is 7.69. The van der Waals surface area contributed by atoms with Gasteiger partial charge >= 0.3 is 0 Å². The molecule has 2 aromatic rings. The van der Waals surface area contributed by atoms with E-state index in [1.807, 2.05) is 0 Å². The van der Waals surface area contributed by atoms with Gasteiger partial charge in [-0.3, -0.25) is 0 Å². The summed E-state index contributed by atoms with van der Waals surface area (Å²) in [6, 6.07) is 6.69. The largest absolute Gasteiger partial charge is 0.486 e. The maximum atomic E-state index is 5.90. The standard InChI is InChI=1S/C20H21NO2S/c1-2-17-18(23-7-6-22-17)9-12(1)20-5-3-13(14-4-8-24-19(14)20)15-10-21-11-16(15)20/h1-2,9-11,13-14,19,21H,3-8H2. The average molecular weight is 339 g/mol. The van der Waals surface area contributed by atoms with Crippen molar-refractivity contribution in [1.29, 1.82) is 0 Å². The summed E-state index contributed by atoms with van der Waals surface area (Å²) in [5, 5.41) is 0.710. The van der Waals surface area contributed by atoms with Crippen molar-refractivity contribution in [2.45, 2.75) is 35.8 Å². The van der Waals surface area contributed by atoms with Crippen LogP contribution in [0.3, 0.4) is 0 Å². The first kappa shape index (κ1) is 13.7. The number of rotatable bonds is 1. The molecule has 2 bridgehead atoms. The second kappa shape index (κ2) is 4.75. The van der Waals surface area contributed by atoms with Crippen LogP contribution in [0.25, 0.3) is 0 Å². The van der Waals surface area contributed by atoms with E-state index in [1.54, 1.807) is 11.1 Å². The zero-order valence-corrected chi connectivity index (χ0v) is 14.4. The van der Waals surface area contributed by atoms with Gasteiger partial charge in [0, 0.05) is 23.1 Å². The van der Waals surface area contributed by atoms with Crippen molar-refractivity contribution in [2.75, 3.05) is 19.0 Å². The summed E-state index contributed by atoms with van der Waals surface area (Å²) in [5.74, 6) is 4.74. The molecule has 3 nitrogen and oxygen atoms in total. The van der Waals surface area contributed by atoms with Crippen LogP contribution in [-0.4, -0.2) is 29.2 Å². The number of aromatic nitrogens is 1. The van der Waals surface area contributed by atoms with Crippen molar-refractivity contribution in [3.05, 3.63) is 47.3 Å². The van der Waals surface area contributed by atoms with E-state index in [0.717, 1.165) is 23.3 Å². The van der Waals surface area contributed by atoms with Gasteiger partial charge in [-0.1, -0.05) is 6.07 Å². The molecule has 124 valence electrons. The molecule has 1 saturated carbocycles. The minimum atomic E-state index is 0.145. The number of aromatic amines is 1. The monoisotopic (exact) mass is 339 g/mol. The highest BCUT2D eigenvalue weighted by molar-refractivity contribution is 8.00. The third kappa shape index (κ3) is 1.56. The van der Waals surface area contributed by atoms with E-state index in [4.69, 9.17) is 9.47 Å². The summed E-state index contributed by atoms with van der Waals surface area (Å²) in [6.45, 7) is 1.31. The molecule has 0 spiro atoms. The molecule has 2 fully saturated rings. The van der Waals surface area contributed by atoms with Crippen molar-refractivity contribution < 1.29 is 9.47 Å². The molecule has 1 aromatic heterocycles. The second-order valence-corrected chi connectivity index (χ2v) is 8.79. The highest BCUT2D eigenvalue weighted by Crippen LogP contribution is 2.65. The van der Waals surface area contributed by atoms with Crippen LogP contribution in [0, 0.1) is 5.92 Å². The van der Waals surface area contributed by atoms with Gasteiger partial charge in [0.05, 0.1) is 0 Å². The third-order valence-electron chi connectivity index (χ3n) is 6.70. The molecule has 24 heavy (non-hydrogen) atoms. The predicted molar refractivity (Wildman–Crippen MR) is 95.3 cm³/mol. The van der Waals surface area contributed by atoms with Crippen molar-refractivity contribution in [3.63, 3.8) is 0 Å². The van der Waals surface area contributed by atoms with Gasteiger partial charge in [0.15, 0.2) is 11.5 Å². The Kier molecular flexibility index (Phi) is 2.71. The number of benzene rings is 1. The van der Waals surface area contributed by atoms with E-state index in [-0.39, 0.29) is 5.41 Å². The van der Waals surface area contributed by atoms with E-state index in [9.17, 15) is 0 Å². The van der Waals surface area contributed by atoms with Crippen LogP contribution in [0.5, 0.6) is 11.5 Å². The molecule has 2 aliphatic heterocycles. The molecular formula is C20H21NO2S. The quantitative estimate of drug-likeness (QED) is 0.850. The van der Waals surface area contributed by atoms with Gasteiger partial charge in [-0.2, -0.15) is 11.8 Å². The van der Waals surface area contributed by atoms with Crippen LogP contribution in [0.1, 0.15) is 41.9 Å². The number of ether oxygens (including phenoxy) is 2. The Morgan fingerprint density at radius 3 is 2.96 bits per heavy atom. The van der Waals surface area contributed by atoms with Crippen LogP contribution >= 0.6 is 11.8 Å². The molecular weight excluding hydrogens is 318 g/mol. The first-order chi connectivity index (χ1) is 11.9. The van der Waals surface area contributed by atoms with Crippen molar-refractivity contribution in [1.82, 2.24) is 4.98 Å². The number of hydrogen-bond donors (Lipinski definition) is 1. The molecule has 4 unspecified atom stereocenters. The van der Waals surface area contributed by atoms with Crippen LogP contribution < -0.4 is 9.47 Å².